The molecule has 4 rings (SSSR count). The highest BCUT2D eigenvalue weighted by Gasteiger charge is 2.18. The summed E-state index contributed by atoms with van der Waals surface area (Å²) in [5.41, 5.74) is 4.43. The smallest absolute Gasteiger partial charge is 0.246 e. The number of rotatable bonds is 5. The molecule has 0 unspecified atom stereocenters. The molecule has 0 radical (unpaired) electrons. The Balaban J connectivity index is 1.76. The summed E-state index contributed by atoms with van der Waals surface area (Å²) in [7, 11) is 0. The van der Waals surface area contributed by atoms with E-state index in [2.05, 4.69) is 17.4 Å². The lowest BCUT2D eigenvalue weighted by molar-refractivity contribution is -0.116. The lowest BCUT2D eigenvalue weighted by Crippen LogP contribution is -2.20. The minimum atomic E-state index is -0.310. The van der Waals surface area contributed by atoms with Crippen LogP contribution in [-0.4, -0.2) is 20.3 Å². The Labute approximate surface area is 201 Å². The van der Waals surface area contributed by atoms with E-state index in [1.807, 2.05) is 54.8 Å². The quantitative estimate of drug-likeness (QED) is 0.324. The zero-order chi connectivity index (χ0) is 22.8. The van der Waals surface area contributed by atoms with Gasteiger partial charge in [0.15, 0.2) is 5.82 Å². The molecule has 0 aliphatic heterocycles. The Hall–Kier alpha value is -2.93. The minimum Gasteiger partial charge on any atom is -0.323 e. The largest absolute Gasteiger partial charge is 0.323 e. The number of nitrogens with zero attached hydrogens (tertiary/aromatic N) is 3. The number of nitrogens with one attached hydrogen (secondary N) is 1. The molecule has 0 bridgehead atoms. The van der Waals surface area contributed by atoms with Crippen LogP contribution in [-0.2, 0) is 11.3 Å². The average Bonchev–Trinajstić information content (AvgIpc) is 3.09. The number of hydrogen-bond acceptors (Lipinski definition) is 3. The molecular weight excluding hydrogens is 463 g/mol. The first kappa shape index (κ1) is 22.3. The van der Waals surface area contributed by atoms with Crippen LogP contribution in [0.2, 0.25) is 10.0 Å². The number of hydrogen-bond donors (Lipinski definition) is 1. The first-order valence-corrected chi connectivity index (χ1v) is 11.1. The highest BCUT2D eigenvalue weighted by molar-refractivity contribution is 7.71. The molecule has 0 fully saturated rings. The van der Waals surface area contributed by atoms with Crippen LogP contribution in [0.5, 0.6) is 0 Å². The van der Waals surface area contributed by atoms with Gasteiger partial charge in [0, 0.05) is 10.6 Å². The van der Waals surface area contributed by atoms with Gasteiger partial charge in [0.2, 0.25) is 10.7 Å². The molecule has 0 aliphatic carbocycles. The monoisotopic (exact) mass is 482 g/mol. The summed E-state index contributed by atoms with van der Waals surface area (Å²) in [6, 6.07) is 20.8. The molecule has 0 aliphatic rings. The number of halogens is 2. The Kier molecular flexibility index (Phi) is 6.46. The Bertz CT molecular complexity index is 1360. The van der Waals surface area contributed by atoms with E-state index in [9.17, 15) is 4.79 Å². The summed E-state index contributed by atoms with van der Waals surface area (Å²) in [5, 5.41) is 8.37. The first-order valence-electron chi connectivity index (χ1n) is 9.91. The van der Waals surface area contributed by atoms with Crippen LogP contribution >= 0.6 is 35.4 Å². The fourth-order valence-electron chi connectivity index (χ4n) is 3.38. The van der Waals surface area contributed by atoms with Gasteiger partial charge in [0.25, 0.3) is 0 Å². The van der Waals surface area contributed by atoms with Crippen molar-refractivity contribution in [3.63, 3.8) is 0 Å². The molecule has 32 heavy (non-hydrogen) atoms. The van der Waals surface area contributed by atoms with Crippen molar-refractivity contribution in [2.45, 2.75) is 20.4 Å². The Morgan fingerprint density at radius 2 is 1.78 bits per heavy atom. The van der Waals surface area contributed by atoms with E-state index < -0.39 is 0 Å². The van der Waals surface area contributed by atoms with Gasteiger partial charge in [-0.1, -0.05) is 65.7 Å². The summed E-state index contributed by atoms with van der Waals surface area (Å²) in [5.74, 6) is 0.355. The highest BCUT2D eigenvalue weighted by atomic mass is 35.5. The zero-order valence-corrected chi connectivity index (χ0v) is 19.8. The summed E-state index contributed by atoms with van der Waals surface area (Å²) in [6.07, 6.45) is 0. The van der Waals surface area contributed by atoms with E-state index in [1.54, 1.807) is 18.2 Å². The maximum atomic E-state index is 12.8. The van der Waals surface area contributed by atoms with Gasteiger partial charge in [-0.05, 0) is 61.5 Å². The molecule has 1 N–H and O–H groups in total. The first-order chi connectivity index (χ1) is 15.3. The third-order valence-electron chi connectivity index (χ3n) is 4.97. The van der Waals surface area contributed by atoms with E-state index in [-0.39, 0.29) is 12.5 Å². The van der Waals surface area contributed by atoms with Gasteiger partial charge in [0.05, 0.1) is 16.4 Å². The molecule has 0 saturated carbocycles. The Morgan fingerprint density at radius 1 is 1.03 bits per heavy atom. The molecule has 3 aromatic carbocycles. The van der Waals surface area contributed by atoms with Crippen molar-refractivity contribution in [1.82, 2.24) is 14.3 Å². The SMILES string of the molecule is Cc1ccc(C)c(-n2c(-c3ccccc3)nn(CC(=O)Nc3cc(Cl)ccc3Cl)c2=S)c1. The van der Waals surface area contributed by atoms with Gasteiger partial charge in [0.1, 0.15) is 6.54 Å². The number of benzene rings is 3. The molecular formula is C24H20Cl2N4OS. The molecule has 0 spiro atoms. The predicted octanol–water partition coefficient (Wildman–Crippen LogP) is 6.63. The lowest BCUT2D eigenvalue weighted by Gasteiger charge is -2.11. The third-order valence-corrected chi connectivity index (χ3v) is 5.93. The second-order valence-electron chi connectivity index (χ2n) is 7.43. The summed E-state index contributed by atoms with van der Waals surface area (Å²) in [6.45, 7) is 3.98. The van der Waals surface area contributed by atoms with Crippen molar-refractivity contribution >= 4 is 47.0 Å². The van der Waals surface area contributed by atoms with Crippen LogP contribution in [0.3, 0.4) is 0 Å². The van der Waals surface area contributed by atoms with E-state index in [4.69, 9.17) is 40.5 Å². The molecule has 5 nitrogen and oxygen atoms in total. The maximum Gasteiger partial charge on any atom is 0.246 e. The number of carbonyl (C=O) groups is 1. The van der Waals surface area contributed by atoms with Gasteiger partial charge in [-0.2, -0.15) is 5.10 Å². The van der Waals surface area contributed by atoms with Crippen molar-refractivity contribution in [1.29, 1.82) is 0 Å². The molecule has 1 aromatic heterocycles. The van der Waals surface area contributed by atoms with Crippen LogP contribution in [0, 0.1) is 18.6 Å². The van der Waals surface area contributed by atoms with Crippen molar-refractivity contribution in [2.75, 3.05) is 5.32 Å². The molecule has 162 valence electrons. The van der Waals surface area contributed by atoms with Gasteiger partial charge < -0.3 is 5.32 Å². The van der Waals surface area contributed by atoms with Crippen molar-refractivity contribution in [3.8, 4) is 17.1 Å². The molecule has 1 heterocycles. The summed E-state index contributed by atoms with van der Waals surface area (Å²) < 4.78 is 3.85. The molecule has 8 heteroatoms. The van der Waals surface area contributed by atoms with Gasteiger partial charge in [-0.15, -0.1) is 0 Å². The highest BCUT2D eigenvalue weighted by Crippen LogP contribution is 2.27. The van der Waals surface area contributed by atoms with E-state index in [1.165, 1.54) is 4.68 Å². The van der Waals surface area contributed by atoms with Crippen LogP contribution in [0.1, 0.15) is 11.1 Å². The zero-order valence-electron chi connectivity index (χ0n) is 17.5. The topological polar surface area (TPSA) is 51.9 Å². The van der Waals surface area contributed by atoms with Crippen molar-refractivity contribution in [2.24, 2.45) is 0 Å². The van der Waals surface area contributed by atoms with Gasteiger partial charge in [-0.25, -0.2) is 4.68 Å². The number of anilines is 1. The predicted molar refractivity (Wildman–Crippen MR) is 132 cm³/mol. The molecule has 0 saturated heterocycles. The molecule has 4 aromatic rings. The third kappa shape index (κ3) is 4.63. The number of carbonyl (C=O) groups excluding carboxylic acids is 1. The van der Waals surface area contributed by atoms with Crippen LogP contribution < -0.4 is 5.32 Å². The molecule has 0 atom stereocenters. The van der Waals surface area contributed by atoms with Crippen molar-refractivity contribution in [3.05, 3.63) is 92.7 Å². The standard InChI is InChI=1S/C24H20Cl2N4OS/c1-15-8-9-16(2)21(12-15)30-23(17-6-4-3-5-7-17)28-29(24(30)32)14-22(31)27-20-13-18(25)10-11-19(20)26/h3-13H,14H2,1-2H3,(H,27,31). The summed E-state index contributed by atoms with van der Waals surface area (Å²) in [4.78, 5) is 12.8. The second-order valence-corrected chi connectivity index (χ2v) is 8.64. The van der Waals surface area contributed by atoms with E-state index in [0.29, 0.717) is 26.3 Å². The summed E-state index contributed by atoms with van der Waals surface area (Å²) >= 11 is 18.0. The minimum absolute atomic E-state index is 0.0701. The Morgan fingerprint density at radius 3 is 2.53 bits per heavy atom. The second kappa shape index (κ2) is 9.28. The van der Waals surface area contributed by atoms with Crippen molar-refractivity contribution < 1.29 is 4.79 Å². The number of amides is 1. The van der Waals surface area contributed by atoms with E-state index >= 15 is 0 Å². The number of aromatic nitrogens is 3. The molecule has 1 amide bonds. The fourth-order valence-corrected chi connectivity index (χ4v) is 4.01. The van der Waals surface area contributed by atoms with Gasteiger partial charge >= 0.3 is 0 Å². The maximum absolute atomic E-state index is 12.8. The van der Waals surface area contributed by atoms with Crippen LogP contribution in [0.25, 0.3) is 17.1 Å². The normalized spacial score (nSPS) is 10.9. The average molecular weight is 483 g/mol. The van der Waals surface area contributed by atoms with Gasteiger partial charge in [-0.3, -0.25) is 9.36 Å². The van der Waals surface area contributed by atoms with E-state index in [0.717, 1.165) is 22.4 Å². The lowest BCUT2D eigenvalue weighted by atomic mass is 10.1. The van der Waals surface area contributed by atoms with Crippen LogP contribution in [0.15, 0.2) is 66.7 Å². The number of aryl methyl sites for hydroxylation is 2. The van der Waals surface area contributed by atoms with Crippen LogP contribution in [0.4, 0.5) is 5.69 Å². The fraction of sp³-hybridized carbons (Fsp3) is 0.125.